The molecule has 0 radical (unpaired) electrons. The molecule has 0 aliphatic rings. The Hall–Kier alpha value is -0.960. The van der Waals surface area contributed by atoms with Crippen molar-refractivity contribution in [3.8, 4) is 0 Å². The number of rotatable bonds is 4. The predicted molar refractivity (Wildman–Crippen MR) is 37.2 cm³/mol. The Morgan fingerprint density at radius 2 is 2.22 bits per heavy atom. The van der Waals surface area contributed by atoms with E-state index in [4.69, 9.17) is 5.90 Å². The standard InChI is InChI=1S/C6H12N2O/c1-5(2)8-4-6(3)9-7/h8H,1,3-4,7H2,2H3. The van der Waals surface area contributed by atoms with E-state index in [1.807, 2.05) is 6.92 Å². The molecule has 0 saturated heterocycles. The van der Waals surface area contributed by atoms with E-state index < -0.39 is 0 Å². The van der Waals surface area contributed by atoms with Gasteiger partial charge in [0.2, 0.25) is 0 Å². The summed E-state index contributed by atoms with van der Waals surface area (Å²) < 4.78 is 0. The zero-order chi connectivity index (χ0) is 7.28. The van der Waals surface area contributed by atoms with Crippen molar-refractivity contribution in [1.82, 2.24) is 5.32 Å². The zero-order valence-electron chi connectivity index (χ0n) is 5.61. The van der Waals surface area contributed by atoms with Crippen molar-refractivity contribution in [3.05, 3.63) is 24.6 Å². The van der Waals surface area contributed by atoms with Gasteiger partial charge in [0, 0.05) is 5.70 Å². The van der Waals surface area contributed by atoms with Gasteiger partial charge in [-0.15, -0.1) is 0 Å². The smallest absolute Gasteiger partial charge is 0.135 e. The molecule has 0 rings (SSSR count). The van der Waals surface area contributed by atoms with Crippen LogP contribution in [0.4, 0.5) is 0 Å². The lowest BCUT2D eigenvalue weighted by atomic mass is 10.5. The molecule has 0 unspecified atom stereocenters. The summed E-state index contributed by atoms with van der Waals surface area (Å²) in [7, 11) is 0. The van der Waals surface area contributed by atoms with Crippen LogP contribution in [-0.2, 0) is 4.84 Å². The largest absolute Gasteiger partial charge is 0.415 e. The van der Waals surface area contributed by atoms with Gasteiger partial charge in [0.1, 0.15) is 5.76 Å². The van der Waals surface area contributed by atoms with Gasteiger partial charge >= 0.3 is 0 Å². The number of nitrogens with two attached hydrogens (primary N) is 1. The van der Waals surface area contributed by atoms with Crippen molar-refractivity contribution in [2.45, 2.75) is 6.92 Å². The van der Waals surface area contributed by atoms with Gasteiger partial charge in [-0.1, -0.05) is 13.2 Å². The molecule has 52 valence electrons. The summed E-state index contributed by atoms with van der Waals surface area (Å²) in [6, 6.07) is 0. The molecular formula is C6H12N2O. The molecule has 0 saturated carbocycles. The van der Waals surface area contributed by atoms with Gasteiger partial charge in [0.05, 0.1) is 6.54 Å². The highest BCUT2D eigenvalue weighted by molar-refractivity contribution is 4.92. The normalized spacial score (nSPS) is 8.22. The fraction of sp³-hybridized carbons (Fsp3) is 0.333. The minimum absolute atomic E-state index is 0.498. The average molecular weight is 128 g/mol. The van der Waals surface area contributed by atoms with Gasteiger partial charge in [0.15, 0.2) is 0 Å². The van der Waals surface area contributed by atoms with Crippen LogP contribution in [0.25, 0.3) is 0 Å². The van der Waals surface area contributed by atoms with Crippen LogP contribution >= 0.6 is 0 Å². The van der Waals surface area contributed by atoms with Crippen LogP contribution < -0.4 is 11.2 Å². The van der Waals surface area contributed by atoms with E-state index in [0.29, 0.717) is 12.3 Å². The molecule has 0 aliphatic heterocycles. The zero-order valence-corrected chi connectivity index (χ0v) is 5.61. The van der Waals surface area contributed by atoms with E-state index in [9.17, 15) is 0 Å². The number of nitrogens with one attached hydrogen (secondary N) is 1. The lowest BCUT2D eigenvalue weighted by Crippen LogP contribution is -2.16. The highest BCUT2D eigenvalue weighted by Gasteiger charge is 1.89. The Kier molecular flexibility index (Phi) is 3.55. The monoisotopic (exact) mass is 128 g/mol. The third kappa shape index (κ3) is 4.90. The van der Waals surface area contributed by atoms with E-state index in [1.54, 1.807) is 0 Å². The molecule has 0 heterocycles. The first-order chi connectivity index (χ1) is 4.16. The highest BCUT2D eigenvalue weighted by Crippen LogP contribution is 1.86. The maximum atomic E-state index is 4.79. The van der Waals surface area contributed by atoms with Crippen LogP contribution in [0.3, 0.4) is 0 Å². The minimum atomic E-state index is 0.498. The summed E-state index contributed by atoms with van der Waals surface area (Å²) in [5.41, 5.74) is 0.869. The van der Waals surface area contributed by atoms with E-state index in [1.165, 1.54) is 0 Å². The SMILES string of the molecule is C=C(C)NCC(=C)ON. The van der Waals surface area contributed by atoms with Crippen LogP contribution in [0, 0.1) is 0 Å². The van der Waals surface area contributed by atoms with Crippen LogP contribution in [-0.4, -0.2) is 6.54 Å². The first kappa shape index (κ1) is 8.04. The maximum absolute atomic E-state index is 4.79. The Balaban J connectivity index is 3.28. The van der Waals surface area contributed by atoms with Gasteiger partial charge in [-0.25, -0.2) is 0 Å². The molecule has 0 aromatic carbocycles. The van der Waals surface area contributed by atoms with Gasteiger partial charge < -0.3 is 10.2 Å². The van der Waals surface area contributed by atoms with Crippen LogP contribution in [0.15, 0.2) is 24.6 Å². The molecule has 0 aliphatic carbocycles. The minimum Gasteiger partial charge on any atom is -0.415 e. The second-order valence-electron chi connectivity index (χ2n) is 1.79. The first-order valence-corrected chi connectivity index (χ1v) is 2.60. The van der Waals surface area contributed by atoms with E-state index in [-0.39, 0.29) is 0 Å². The molecule has 0 amide bonds. The Morgan fingerprint density at radius 3 is 2.56 bits per heavy atom. The van der Waals surface area contributed by atoms with Crippen molar-refractivity contribution in [1.29, 1.82) is 0 Å². The van der Waals surface area contributed by atoms with Crippen molar-refractivity contribution >= 4 is 0 Å². The van der Waals surface area contributed by atoms with Crippen molar-refractivity contribution in [2.75, 3.05) is 6.54 Å². The summed E-state index contributed by atoms with van der Waals surface area (Å²) in [6.45, 7) is 9.48. The molecule has 0 spiro atoms. The molecule has 3 heteroatoms. The molecule has 0 bridgehead atoms. The molecule has 0 atom stereocenters. The summed E-state index contributed by atoms with van der Waals surface area (Å²) >= 11 is 0. The summed E-state index contributed by atoms with van der Waals surface area (Å²) in [6.07, 6.45) is 0. The van der Waals surface area contributed by atoms with Crippen LogP contribution in [0.2, 0.25) is 0 Å². The molecule has 3 nitrogen and oxygen atoms in total. The second-order valence-corrected chi connectivity index (χ2v) is 1.79. The van der Waals surface area contributed by atoms with E-state index in [2.05, 4.69) is 23.3 Å². The molecular weight excluding hydrogens is 116 g/mol. The predicted octanol–water partition coefficient (Wildman–Crippen LogP) is 0.514. The Morgan fingerprint density at radius 1 is 1.67 bits per heavy atom. The molecule has 3 N–H and O–H groups in total. The van der Waals surface area contributed by atoms with Gasteiger partial charge in [0.25, 0.3) is 0 Å². The molecule has 0 aromatic heterocycles. The molecule has 9 heavy (non-hydrogen) atoms. The third-order valence-corrected chi connectivity index (χ3v) is 0.754. The fourth-order valence-electron chi connectivity index (χ4n) is 0.291. The van der Waals surface area contributed by atoms with Crippen molar-refractivity contribution in [3.63, 3.8) is 0 Å². The van der Waals surface area contributed by atoms with Gasteiger partial charge in [-0.3, -0.25) is 0 Å². The van der Waals surface area contributed by atoms with Gasteiger partial charge in [-0.2, -0.15) is 5.90 Å². The van der Waals surface area contributed by atoms with Gasteiger partial charge in [-0.05, 0) is 6.92 Å². The van der Waals surface area contributed by atoms with Crippen LogP contribution in [0.5, 0.6) is 0 Å². The molecule has 0 aromatic rings. The third-order valence-electron chi connectivity index (χ3n) is 0.754. The molecule has 0 fully saturated rings. The second kappa shape index (κ2) is 3.97. The fourth-order valence-corrected chi connectivity index (χ4v) is 0.291. The Labute approximate surface area is 55.1 Å². The van der Waals surface area contributed by atoms with Crippen molar-refractivity contribution < 1.29 is 4.84 Å². The number of allylic oxidation sites excluding steroid dienone is 1. The van der Waals surface area contributed by atoms with Crippen molar-refractivity contribution in [2.24, 2.45) is 5.90 Å². The maximum Gasteiger partial charge on any atom is 0.135 e. The first-order valence-electron chi connectivity index (χ1n) is 2.60. The van der Waals surface area contributed by atoms with Crippen LogP contribution in [0.1, 0.15) is 6.92 Å². The van der Waals surface area contributed by atoms with E-state index >= 15 is 0 Å². The summed E-state index contributed by atoms with van der Waals surface area (Å²) in [4.78, 5) is 4.30. The lowest BCUT2D eigenvalue weighted by Gasteiger charge is -2.04. The topological polar surface area (TPSA) is 47.3 Å². The quantitative estimate of drug-likeness (QED) is 0.428. The number of hydrogen-bond acceptors (Lipinski definition) is 3. The number of hydrogen-bond donors (Lipinski definition) is 2. The van der Waals surface area contributed by atoms with E-state index in [0.717, 1.165) is 5.70 Å². The highest BCUT2D eigenvalue weighted by atomic mass is 16.6. The Bertz CT molecular complexity index is 120. The summed E-state index contributed by atoms with van der Waals surface area (Å²) in [5.74, 6) is 5.29. The lowest BCUT2D eigenvalue weighted by molar-refractivity contribution is 0.216. The average Bonchev–Trinajstić information content (AvgIpc) is 1.83. The summed E-state index contributed by atoms with van der Waals surface area (Å²) in [5, 5.41) is 2.90.